The van der Waals surface area contributed by atoms with Gasteiger partial charge in [0.05, 0.1) is 0 Å². The van der Waals surface area contributed by atoms with Crippen molar-refractivity contribution in [2.24, 2.45) is 4.90 Å². The molecule has 0 aliphatic carbocycles. The molecule has 2 heterocycles. The number of rotatable bonds is 4. The summed E-state index contributed by atoms with van der Waals surface area (Å²) in [7, 11) is 0.582. The number of hydrogen-bond acceptors (Lipinski definition) is 6. The maximum atomic E-state index is 10.3. The topological polar surface area (TPSA) is 93.3 Å². The van der Waals surface area contributed by atoms with E-state index in [0.717, 1.165) is 22.8 Å². The second-order valence-corrected chi connectivity index (χ2v) is 6.19. The van der Waals surface area contributed by atoms with E-state index in [4.69, 9.17) is 0 Å². The number of fused-ring (bicyclic) bond motifs is 1. The van der Waals surface area contributed by atoms with Crippen molar-refractivity contribution >= 4 is 52.6 Å². The van der Waals surface area contributed by atoms with Crippen molar-refractivity contribution in [2.45, 2.75) is 13.7 Å². The first-order valence-electron chi connectivity index (χ1n) is 7.43. The van der Waals surface area contributed by atoms with Crippen LogP contribution >= 0.6 is 15.9 Å². The predicted octanol–water partition coefficient (Wildman–Crippen LogP) is 1.38. The molecule has 0 radical (unpaired) electrons. The predicted molar refractivity (Wildman–Crippen MR) is 101 cm³/mol. The van der Waals surface area contributed by atoms with Crippen molar-refractivity contribution in [3.8, 4) is 11.5 Å². The minimum absolute atomic E-state index is 0.420. The molecule has 10 heteroatoms. The summed E-state index contributed by atoms with van der Waals surface area (Å²) in [6.07, 6.45) is 2.52. The molecule has 0 saturated carbocycles. The van der Waals surface area contributed by atoms with Gasteiger partial charge in [0.25, 0.3) is 0 Å². The molecule has 0 atom stereocenters. The molecule has 3 rings (SSSR count). The molecule has 0 fully saturated rings. The summed E-state index contributed by atoms with van der Waals surface area (Å²) in [6.45, 7) is 3.63. The fraction of sp³-hybridized carbons (Fsp3) is 0.133. The standard InChI is InChI=1S/C15H12B2BrN5O2/c1-9-3-4-10-11(7-9)23(17(2)25)15(21-10)13-14(16-20-5-6-24)19-8-12(18)22-13/h3-5,7-8,25H,1-2H3. The molecule has 7 nitrogen and oxygen atoms in total. The summed E-state index contributed by atoms with van der Waals surface area (Å²) >= 11 is 3.30. The zero-order chi connectivity index (χ0) is 18.0. The summed E-state index contributed by atoms with van der Waals surface area (Å²) < 4.78 is 2.21. The van der Waals surface area contributed by atoms with Gasteiger partial charge in [-0.2, -0.15) is 0 Å². The molecule has 0 aliphatic heterocycles. The van der Waals surface area contributed by atoms with Crippen molar-refractivity contribution in [2.75, 3.05) is 0 Å². The van der Waals surface area contributed by atoms with Crippen LogP contribution in [-0.4, -0.2) is 44.5 Å². The Labute approximate surface area is 153 Å². The third-order valence-corrected chi connectivity index (χ3v) is 3.91. The molecule has 1 aromatic carbocycles. The molecular formula is C15H12B2BrN5O2. The molecule has 3 aromatic rings. The van der Waals surface area contributed by atoms with Crippen molar-refractivity contribution < 1.29 is 9.82 Å². The van der Waals surface area contributed by atoms with Gasteiger partial charge in [-0.05, 0) is 0 Å². The average Bonchev–Trinajstić information content (AvgIpc) is 2.94. The Morgan fingerprint density at radius 2 is 2.24 bits per heavy atom. The average molecular weight is 396 g/mol. The fourth-order valence-electron chi connectivity index (χ4n) is 2.52. The van der Waals surface area contributed by atoms with E-state index < -0.39 is 7.05 Å². The molecule has 122 valence electrons. The minimum atomic E-state index is -0.817. The van der Waals surface area contributed by atoms with Crippen LogP contribution in [0.3, 0.4) is 0 Å². The van der Waals surface area contributed by atoms with Crippen molar-refractivity contribution in [1.82, 2.24) is 19.4 Å². The molecule has 1 N–H and O–H groups in total. The second-order valence-electron chi connectivity index (χ2n) is 5.38. The SMILES string of the molecule is CB(O)n1c(-c2nc(Br)cnc2B=NC=C=O)nc2ccc(C)cc21. The molecule has 0 aliphatic rings. The summed E-state index contributed by atoms with van der Waals surface area (Å²) in [5.74, 6) is 2.03. The monoisotopic (exact) mass is 395 g/mol. The Balaban J connectivity index is 2.31. The Kier molecular flexibility index (Phi) is 5.03. The van der Waals surface area contributed by atoms with Crippen LogP contribution in [0.5, 0.6) is 0 Å². The van der Waals surface area contributed by atoms with Crippen LogP contribution in [0.1, 0.15) is 5.56 Å². The zero-order valence-corrected chi connectivity index (χ0v) is 15.1. The van der Waals surface area contributed by atoms with E-state index in [1.165, 1.54) is 13.3 Å². The van der Waals surface area contributed by atoms with Gasteiger partial charge in [0.1, 0.15) is 0 Å². The number of aromatic nitrogens is 4. The van der Waals surface area contributed by atoms with Gasteiger partial charge in [-0.3, -0.25) is 0 Å². The van der Waals surface area contributed by atoms with E-state index in [1.54, 1.807) is 17.2 Å². The number of benzene rings is 1. The molecule has 0 saturated heterocycles. The molecule has 0 unspecified atom stereocenters. The number of nitrogens with zero attached hydrogens (tertiary/aromatic N) is 5. The van der Waals surface area contributed by atoms with Crippen LogP contribution in [0.2, 0.25) is 6.82 Å². The third kappa shape index (κ3) is 3.51. The normalized spacial score (nSPS) is 10.7. The van der Waals surface area contributed by atoms with E-state index >= 15 is 0 Å². The van der Waals surface area contributed by atoms with E-state index in [9.17, 15) is 9.82 Å². The van der Waals surface area contributed by atoms with Gasteiger partial charge in [0, 0.05) is 0 Å². The van der Waals surface area contributed by atoms with Gasteiger partial charge >= 0.3 is 153 Å². The molecule has 0 spiro atoms. The first kappa shape index (κ1) is 17.4. The van der Waals surface area contributed by atoms with Gasteiger partial charge < -0.3 is 0 Å². The summed E-state index contributed by atoms with van der Waals surface area (Å²) in [5.41, 5.74) is 3.44. The molecule has 25 heavy (non-hydrogen) atoms. The number of aryl methyl sites for hydroxylation is 1. The maximum absolute atomic E-state index is 10.3. The first-order chi connectivity index (χ1) is 12.0. The number of halogens is 1. The van der Waals surface area contributed by atoms with E-state index in [1.807, 2.05) is 25.1 Å². The summed E-state index contributed by atoms with van der Waals surface area (Å²) in [5, 5.41) is 10.3. The quantitative estimate of drug-likeness (QED) is 0.532. The van der Waals surface area contributed by atoms with Crippen LogP contribution in [-0.2, 0) is 4.79 Å². The van der Waals surface area contributed by atoms with Crippen molar-refractivity contribution in [3.63, 3.8) is 0 Å². The van der Waals surface area contributed by atoms with Gasteiger partial charge in [-0.1, -0.05) is 0 Å². The summed E-state index contributed by atoms with van der Waals surface area (Å²) in [6, 6.07) is 5.80. The second kappa shape index (κ2) is 7.23. The molecule has 0 amide bonds. The molecular weight excluding hydrogens is 384 g/mol. The van der Waals surface area contributed by atoms with Gasteiger partial charge in [-0.15, -0.1) is 0 Å². The molecule has 2 aromatic heterocycles. The number of carbonyl (C=O) groups excluding carboxylic acids is 1. The van der Waals surface area contributed by atoms with Gasteiger partial charge in [-0.25, -0.2) is 0 Å². The third-order valence-electron chi connectivity index (χ3n) is 3.53. The van der Waals surface area contributed by atoms with Crippen molar-refractivity contribution in [1.29, 1.82) is 0 Å². The Bertz CT molecular complexity index is 1030. The Morgan fingerprint density at radius 1 is 1.44 bits per heavy atom. The Morgan fingerprint density at radius 3 is 2.96 bits per heavy atom. The number of hydrogen-bond donors (Lipinski definition) is 1. The molecule has 0 bridgehead atoms. The van der Waals surface area contributed by atoms with Crippen LogP contribution < -0.4 is 5.59 Å². The van der Waals surface area contributed by atoms with Crippen LogP contribution in [0.25, 0.3) is 22.6 Å². The van der Waals surface area contributed by atoms with Gasteiger partial charge in [0.2, 0.25) is 0 Å². The van der Waals surface area contributed by atoms with E-state index in [-0.39, 0.29) is 0 Å². The zero-order valence-electron chi connectivity index (χ0n) is 13.5. The van der Waals surface area contributed by atoms with Gasteiger partial charge in [0.15, 0.2) is 0 Å². The van der Waals surface area contributed by atoms with Crippen LogP contribution in [0.15, 0.2) is 40.1 Å². The van der Waals surface area contributed by atoms with Crippen LogP contribution in [0.4, 0.5) is 0 Å². The van der Waals surface area contributed by atoms with Crippen LogP contribution in [0, 0.1) is 6.92 Å². The number of imidazole rings is 1. The first-order valence-corrected chi connectivity index (χ1v) is 8.22. The van der Waals surface area contributed by atoms with E-state index in [0.29, 0.717) is 21.7 Å². The van der Waals surface area contributed by atoms with Crippen molar-refractivity contribution in [3.05, 3.63) is 40.8 Å². The Hall–Kier alpha value is -2.41. The summed E-state index contributed by atoms with van der Waals surface area (Å²) in [4.78, 5) is 27.5. The fourth-order valence-corrected chi connectivity index (χ4v) is 2.80. The van der Waals surface area contributed by atoms with E-state index in [2.05, 4.69) is 35.8 Å².